The van der Waals surface area contributed by atoms with E-state index < -0.39 is 0 Å². The first-order chi connectivity index (χ1) is 6.81. The van der Waals surface area contributed by atoms with E-state index in [1.165, 1.54) is 0 Å². The molecule has 0 spiro atoms. The van der Waals surface area contributed by atoms with Crippen LogP contribution >= 0.6 is 0 Å². The first kappa shape index (κ1) is 9.68. The minimum atomic E-state index is -0.121. The van der Waals surface area contributed by atoms with Crippen LogP contribution in [-0.2, 0) is 14.3 Å². The third kappa shape index (κ3) is 1.81. The lowest BCUT2D eigenvalue weighted by molar-refractivity contribution is -0.120. The van der Waals surface area contributed by atoms with Gasteiger partial charge in [0.2, 0.25) is 5.78 Å². The second-order valence-corrected chi connectivity index (χ2v) is 3.62. The first-order valence-electron chi connectivity index (χ1n) is 4.94. The van der Waals surface area contributed by atoms with Crippen molar-refractivity contribution in [3.8, 4) is 0 Å². The number of ketones is 1. The predicted molar refractivity (Wildman–Crippen MR) is 50.9 cm³/mol. The molecule has 4 nitrogen and oxygen atoms in total. The van der Waals surface area contributed by atoms with Crippen LogP contribution in [0, 0.1) is 0 Å². The summed E-state index contributed by atoms with van der Waals surface area (Å²) in [6.07, 6.45) is 3.62. The van der Waals surface area contributed by atoms with Crippen molar-refractivity contribution in [2.24, 2.45) is 0 Å². The van der Waals surface area contributed by atoms with Gasteiger partial charge in [-0.05, 0) is 12.5 Å². The van der Waals surface area contributed by atoms with Gasteiger partial charge in [-0.1, -0.05) is 0 Å². The second-order valence-electron chi connectivity index (χ2n) is 3.62. The number of ether oxygens (including phenoxy) is 2. The van der Waals surface area contributed by atoms with Gasteiger partial charge in [-0.15, -0.1) is 0 Å². The summed E-state index contributed by atoms with van der Waals surface area (Å²) >= 11 is 0. The van der Waals surface area contributed by atoms with Crippen molar-refractivity contribution in [1.82, 2.24) is 5.32 Å². The van der Waals surface area contributed by atoms with Gasteiger partial charge in [0.1, 0.15) is 0 Å². The molecule has 2 rings (SSSR count). The molecule has 2 atom stereocenters. The highest BCUT2D eigenvalue weighted by Crippen LogP contribution is 2.17. The molecule has 4 heteroatoms. The van der Waals surface area contributed by atoms with Crippen LogP contribution in [0.3, 0.4) is 0 Å². The zero-order valence-corrected chi connectivity index (χ0v) is 8.29. The Hall–Kier alpha value is -0.870. The highest BCUT2D eigenvalue weighted by atomic mass is 16.5. The topological polar surface area (TPSA) is 47.6 Å². The van der Waals surface area contributed by atoms with Crippen LogP contribution in [0.1, 0.15) is 12.8 Å². The average molecular weight is 197 g/mol. The molecule has 2 aliphatic rings. The summed E-state index contributed by atoms with van der Waals surface area (Å²) in [7, 11) is 1.67. The van der Waals surface area contributed by atoms with Gasteiger partial charge in [-0.2, -0.15) is 0 Å². The lowest BCUT2D eigenvalue weighted by Gasteiger charge is -2.09. The SMILES string of the molecule is COC1CNC(C(=O)C2=CCCO2)C1. The van der Waals surface area contributed by atoms with E-state index >= 15 is 0 Å². The monoisotopic (exact) mass is 197 g/mol. The molecule has 0 aromatic rings. The third-order valence-corrected chi connectivity index (χ3v) is 2.69. The number of nitrogens with one attached hydrogen (secondary N) is 1. The highest BCUT2D eigenvalue weighted by Gasteiger charge is 2.32. The molecule has 2 heterocycles. The maximum atomic E-state index is 11.8. The molecule has 0 amide bonds. The van der Waals surface area contributed by atoms with E-state index in [9.17, 15) is 4.79 Å². The molecule has 0 saturated carbocycles. The fourth-order valence-electron chi connectivity index (χ4n) is 1.84. The van der Waals surface area contributed by atoms with E-state index in [1.54, 1.807) is 7.11 Å². The number of rotatable bonds is 3. The van der Waals surface area contributed by atoms with Crippen molar-refractivity contribution in [1.29, 1.82) is 0 Å². The normalized spacial score (nSPS) is 31.4. The molecule has 78 valence electrons. The Morgan fingerprint density at radius 2 is 2.57 bits per heavy atom. The van der Waals surface area contributed by atoms with Gasteiger partial charge in [-0.3, -0.25) is 4.79 Å². The van der Waals surface area contributed by atoms with Crippen molar-refractivity contribution >= 4 is 5.78 Å². The smallest absolute Gasteiger partial charge is 0.213 e. The average Bonchev–Trinajstić information content (AvgIpc) is 2.88. The van der Waals surface area contributed by atoms with E-state index in [0.717, 1.165) is 19.4 Å². The molecule has 0 bridgehead atoms. The Kier molecular flexibility index (Phi) is 2.84. The van der Waals surface area contributed by atoms with Crippen LogP contribution in [0.25, 0.3) is 0 Å². The van der Waals surface area contributed by atoms with Crippen LogP contribution in [0.2, 0.25) is 0 Å². The molecular weight excluding hydrogens is 182 g/mol. The lowest BCUT2D eigenvalue weighted by Crippen LogP contribution is -2.31. The van der Waals surface area contributed by atoms with Crippen LogP contribution in [0.5, 0.6) is 0 Å². The predicted octanol–water partition coefficient (Wildman–Crippen LogP) is 0.237. The molecule has 2 unspecified atom stereocenters. The number of Topliss-reactive ketones (excluding diaryl/α,β-unsaturated/α-hetero) is 1. The number of hydrogen-bond donors (Lipinski definition) is 1. The summed E-state index contributed by atoms with van der Waals surface area (Å²) in [5.74, 6) is 0.598. The zero-order chi connectivity index (χ0) is 9.97. The van der Waals surface area contributed by atoms with Crippen molar-refractivity contribution < 1.29 is 14.3 Å². The number of methoxy groups -OCH3 is 1. The summed E-state index contributed by atoms with van der Waals surface area (Å²) in [5, 5.41) is 3.14. The molecule has 1 saturated heterocycles. The molecular formula is C10H15NO3. The molecule has 0 radical (unpaired) electrons. The maximum Gasteiger partial charge on any atom is 0.213 e. The first-order valence-corrected chi connectivity index (χ1v) is 4.94. The Bertz CT molecular complexity index is 262. The fraction of sp³-hybridized carbons (Fsp3) is 0.700. The number of carbonyl (C=O) groups is 1. The highest BCUT2D eigenvalue weighted by molar-refractivity contribution is 5.98. The maximum absolute atomic E-state index is 11.8. The van der Waals surface area contributed by atoms with Gasteiger partial charge in [-0.25, -0.2) is 0 Å². The molecule has 1 fully saturated rings. The summed E-state index contributed by atoms with van der Waals surface area (Å²) in [6.45, 7) is 1.39. The summed E-state index contributed by atoms with van der Waals surface area (Å²) in [5.41, 5.74) is 0. The lowest BCUT2D eigenvalue weighted by atomic mass is 10.1. The van der Waals surface area contributed by atoms with Crippen molar-refractivity contribution in [3.63, 3.8) is 0 Å². The van der Waals surface area contributed by atoms with Crippen LogP contribution in [-0.4, -0.2) is 38.2 Å². The Morgan fingerprint density at radius 3 is 3.14 bits per heavy atom. The van der Waals surface area contributed by atoms with Gasteiger partial charge in [0.25, 0.3) is 0 Å². The molecule has 0 aliphatic carbocycles. The molecule has 1 N–H and O–H groups in total. The molecule has 0 aromatic carbocycles. The zero-order valence-electron chi connectivity index (χ0n) is 8.29. The van der Waals surface area contributed by atoms with Gasteiger partial charge in [0.05, 0.1) is 18.8 Å². The van der Waals surface area contributed by atoms with E-state index in [1.807, 2.05) is 6.08 Å². The largest absolute Gasteiger partial charge is 0.490 e. The van der Waals surface area contributed by atoms with Crippen molar-refractivity contribution in [3.05, 3.63) is 11.8 Å². The second kappa shape index (κ2) is 4.11. The minimum Gasteiger partial charge on any atom is -0.490 e. The Balaban J connectivity index is 1.93. The molecule has 14 heavy (non-hydrogen) atoms. The number of hydrogen-bond acceptors (Lipinski definition) is 4. The summed E-state index contributed by atoms with van der Waals surface area (Å²) in [4.78, 5) is 11.8. The van der Waals surface area contributed by atoms with E-state index in [2.05, 4.69) is 5.32 Å². The quantitative estimate of drug-likeness (QED) is 0.704. The van der Waals surface area contributed by atoms with Gasteiger partial charge in [0, 0.05) is 20.1 Å². The van der Waals surface area contributed by atoms with E-state index in [4.69, 9.17) is 9.47 Å². The van der Waals surface area contributed by atoms with Gasteiger partial charge in [0.15, 0.2) is 5.76 Å². The van der Waals surface area contributed by atoms with Gasteiger partial charge < -0.3 is 14.8 Å². The number of carbonyl (C=O) groups excluding carboxylic acids is 1. The molecule has 2 aliphatic heterocycles. The minimum absolute atomic E-state index is 0.0713. The molecule has 0 aromatic heterocycles. The van der Waals surface area contributed by atoms with Crippen LogP contribution in [0.15, 0.2) is 11.8 Å². The Labute approximate surface area is 83.3 Å². The Morgan fingerprint density at radius 1 is 1.71 bits per heavy atom. The summed E-state index contributed by atoms with van der Waals surface area (Å²) < 4.78 is 10.4. The standard InChI is InChI=1S/C10H15NO3/c1-13-7-5-8(11-6-7)10(12)9-3-2-4-14-9/h3,7-8,11H,2,4-6H2,1H3. The van der Waals surface area contributed by atoms with E-state index in [-0.39, 0.29) is 17.9 Å². The van der Waals surface area contributed by atoms with Crippen LogP contribution in [0.4, 0.5) is 0 Å². The third-order valence-electron chi connectivity index (χ3n) is 2.69. The fourth-order valence-corrected chi connectivity index (χ4v) is 1.84. The van der Waals surface area contributed by atoms with Crippen LogP contribution < -0.4 is 5.32 Å². The van der Waals surface area contributed by atoms with Crippen molar-refractivity contribution in [2.75, 3.05) is 20.3 Å². The van der Waals surface area contributed by atoms with Gasteiger partial charge >= 0.3 is 0 Å². The van der Waals surface area contributed by atoms with Crippen molar-refractivity contribution in [2.45, 2.75) is 25.0 Å². The van der Waals surface area contributed by atoms with E-state index in [0.29, 0.717) is 12.4 Å². The summed E-state index contributed by atoms with van der Waals surface area (Å²) in [6, 6.07) is -0.121.